The number of nitrogens with two attached hydrogens (primary N) is 1. The van der Waals surface area contributed by atoms with Gasteiger partial charge in [-0.3, -0.25) is 0 Å². The Labute approximate surface area is 112 Å². The van der Waals surface area contributed by atoms with E-state index in [2.05, 4.69) is 10.1 Å². The van der Waals surface area contributed by atoms with Gasteiger partial charge >= 0.3 is 0 Å². The van der Waals surface area contributed by atoms with Crippen LogP contribution in [0.5, 0.6) is 5.75 Å². The van der Waals surface area contributed by atoms with Gasteiger partial charge < -0.3 is 15.0 Å². The molecule has 2 aromatic rings. The number of methoxy groups -OCH3 is 1. The minimum atomic E-state index is 0.186. The number of hydrogen-bond acceptors (Lipinski definition) is 5. The lowest BCUT2D eigenvalue weighted by atomic mass is 10.1. The van der Waals surface area contributed by atoms with E-state index in [9.17, 15) is 0 Å². The fourth-order valence-electron chi connectivity index (χ4n) is 1.94. The summed E-state index contributed by atoms with van der Waals surface area (Å²) in [6, 6.07) is 5.82. The van der Waals surface area contributed by atoms with Crippen molar-refractivity contribution in [3.8, 4) is 17.1 Å². The van der Waals surface area contributed by atoms with E-state index in [4.69, 9.17) is 15.0 Å². The molecule has 1 aromatic heterocycles. The van der Waals surface area contributed by atoms with Crippen molar-refractivity contribution >= 4 is 0 Å². The molecule has 0 aliphatic rings. The van der Waals surface area contributed by atoms with Gasteiger partial charge in [0.1, 0.15) is 5.75 Å². The van der Waals surface area contributed by atoms with Gasteiger partial charge in [0.25, 0.3) is 0 Å². The number of benzene rings is 1. The van der Waals surface area contributed by atoms with Gasteiger partial charge in [-0.15, -0.1) is 0 Å². The molecule has 2 N–H and O–H groups in total. The highest BCUT2D eigenvalue weighted by Crippen LogP contribution is 2.25. The Morgan fingerprint density at radius 3 is 2.84 bits per heavy atom. The minimum Gasteiger partial charge on any atom is -0.496 e. The number of rotatable bonds is 5. The van der Waals surface area contributed by atoms with Crippen LogP contribution in [0.15, 0.2) is 22.7 Å². The highest BCUT2D eigenvalue weighted by molar-refractivity contribution is 5.58. The van der Waals surface area contributed by atoms with Crippen LogP contribution in [0.3, 0.4) is 0 Å². The highest BCUT2D eigenvalue weighted by Gasteiger charge is 2.15. The standard InChI is InChI=1S/C14H19N3O2/c1-9(6-7-15)14-16-13(17-19-14)11-4-5-12(18-3)10(2)8-11/h4-5,8-9H,6-7,15H2,1-3H3. The summed E-state index contributed by atoms with van der Waals surface area (Å²) in [5, 5.41) is 4.02. The topological polar surface area (TPSA) is 74.2 Å². The van der Waals surface area contributed by atoms with Crippen LogP contribution < -0.4 is 10.5 Å². The van der Waals surface area contributed by atoms with Crippen LogP contribution >= 0.6 is 0 Å². The Bertz CT molecular complexity index is 551. The molecule has 2 rings (SSSR count). The molecule has 0 spiro atoms. The van der Waals surface area contributed by atoms with E-state index in [0.717, 1.165) is 23.3 Å². The van der Waals surface area contributed by atoms with Crippen molar-refractivity contribution in [3.05, 3.63) is 29.7 Å². The van der Waals surface area contributed by atoms with Crippen LogP contribution in [0.2, 0.25) is 0 Å². The van der Waals surface area contributed by atoms with Crippen molar-refractivity contribution in [1.82, 2.24) is 10.1 Å². The molecule has 0 fully saturated rings. The quantitative estimate of drug-likeness (QED) is 0.895. The Morgan fingerprint density at radius 2 is 2.21 bits per heavy atom. The molecule has 5 heteroatoms. The van der Waals surface area contributed by atoms with Crippen LogP contribution in [0, 0.1) is 6.92 Å². The number of nitrogens with zero attached hydrogens (tertiary/aromatic N) is 2. The highest BCUT2D eigenvalue weighted by atomic mass is 16.5. The van der Waals surface area contributed by atoms with E-state index < -0.39 is 0 Å². The number of aromatic nitrogens is 2. The molecule has 0 aliphatic carbocycles. The molecule has 1 unspecified atom stereocenters. The second-order valence-electron chi connectivity index (χ2n) is 4.62. The van der Waals surface area contributed by atoms with Crippen molar-refractivity contribution in [3.63, 3.8) is 0 Å². The van der Waals surface area contributed by atoms with E-state index in [-0.39, 0.29) is 5.92 Å². The Balaban J connectivity index is 2.25. The first-order valence-electron chi connectivity index (χ1n) is 6.34. The molecule has 1 aromatic carbocycles. The SMILES string of the molecule is COc1ccc(-c2noc(C(C)CCN)n2)cc1C. The van der Waals surface area contributed by atoms with Crippen LogP contribution in [-0.2, 0) is 0 Å². The monoisotopic (exact) mass is 261 g/mol. The Hall–Kier alpha value is -1.88. The molecule has 5 nitrogen and oxygen atoms in total. The predicted octanol–water partition coefficient (Wildman–Crippen LogP) is 2.51. The zero-order valence-electron chi connectivity index (χ0n) is 11.5. The van der Waals surface area contributed by atoms with Crippen LogP contribution in [0.4, 0.5) is 0 Å². The van der Waals surface area contributed by atoms with Crippen molar-refractivity contribution in [2.24, 2.45) is 5.73 Å². The molecule has 19 heavy (non-hydrogen) atoms. The van der Waals surface area contributed by atoms with E-state index in [1.54, 1.807) is 7.11 Å². The molecule has 102 valence electrons. The van der Waals surface area contributed by atoms with Crippen molar-refractivity contribution in [2.45, 2.75) is 26.2 Å². The summed E-state index contributed by atoms with van der Waals surface area (Å²) >= 11 is 0. The molecule has 0 radical (unpaired) electrons. The summed E-state index contributed by atoms with van der Waals surface area (Å²) in [5.74, 6) is 2.27. The third-order valence-electron chi connectivity index (χ3n) is 3.12. The Kier molecular flexibility index (Phi) is 4.16. The zero-order chi connectivity index (χ0) is 13.8. The molecule has 1 atom stereocenters. The number of ether oxygens (including phenoxy) is 1. The van der Waals surface area contributed by atoms with Gasteiger partial charge in [-0.05, 0) is 43.7 Å². The first kappa shape index (κ1) is 13.5. The summed E-state index contributed by atoms with van der Waals surface area (Å²) in [6.07, 6.45) is 0.837. The van der Waals surface area contributed by atoms with Gasteiger partial charge in [0.15, 0.2) is 0 Å². The van der Waals surface area contributed by atoms with E-state index in [1.165, 1.54) is 0 Å². The van der Waals surface area contributed by atoms with Crippen LogP contribution in [-0.4, -0.2) is 23.8 Å². The normalized spacial score (nSPS) is 12.4. The first-order chi connectivity index (χ1) is 9.15. The maximum absolute atomic E-state index is 5.53. The van der Waals surface area contributed by atoms with Gasteiger partial charge in [-0.25, -0.2) is 0 Å². The maximum Gasteiger partial charge on any atom is 0.229 e. The summed E-state index contributed by atoms with van der Waals surface area (Å²) in [4.78, 5) is 4.42. The van der Waals surface area contributed by atoms with E-state index >= 15 is 0 Å². The maximum atomic E-state index is 5.53. The van der Waals surface area contributed by atoms with Gasteiger partial charge in [0.05, 0.1) is 7.11 Å². The van der Waals surface area contributed by atoms with E-state index in [0.29, 0.717) is 18.3 Å². The van der Waals surface area contributed by atoms with Gasteiger partial charge in [-0.1, -0.05) is 12.1 Å². The van der Waals surface area contributed by atoms with Crippen molar-refractivity contribution in [1.29, 1.82) is 0 Å². The fourth-order valence-corrected chi connectivity index (χ4v) is 1.94. The van der Waals surface area contributed by atoms with Gasteiger partial charge in [0.2, 0.25) is 11.7 Å². The Morgan fingerprint density at radius 1 is 1.42 bits per heavy atom. The lowest BCUT2D eigenvalue weighted by Crippen LogP contribution is -2.04. The van der Waals surface area contributed by atoms with Crippen molar-refractivity contribution in [2.75, 3.05) is 13.7 Å². The molecular weight excluding hydrogens is 242 g/mol. The molecule has 0 aliphatic heterocycles. The molecule has 0 saturated carbocycles. The molecule has 0 bridgehead atoms. The average Bonchev–Trinajstić information content (AvgIpc) is 2.88. The van der Waals surface area contributed by atoms with E-state index in [1.807, 2.05) is 32.0 Å². The summed E-state index contributed by atoms with van der Waals surface area (Å²) in [7, 11) is 1.66. The second kappa shape index (κ2) is 5.84. The lowest BCUT2D eigenvalue weighted by molar-refractivity contribution is 0.355. The minimum absolute atomic E-state index is 0.186. The van der Waals surface area contributed by atoms with Gasteiger partial charge in [0, 0.05) is 11.5 Å². The smallest absolute Gasteiger partial charge is 0.229 e. The first-order valence-corrected chi connectivity index (χ1v) is 6.34. The largest absolute Gasteiger partial charge is 0.496 e. The zero-order valence-corrected chi connectivity index (χ0v) is 11.5. The van der Waals surface area contributed by atoms with Crippen LogP contribution in [0.1, 0.15) is 30.7 Å². The number of aryl methyl sites for hydroxylation is 1. The van der Waals surface area contributed by atoms with Crippen molar-refractivity contribution < 1.29 is 9.26 Å². The third-order valence-corrected chi connectivity index (χ3v) is 3.12. The number of hydrogen-bond donors (Lipinski definition) is 1. The molecule has 1 heterocycles. The second-order valence-corrected chi connectivity index (χ2v) is 4.62. The molecule has 0 saturated heterocycles. The summed E-state index contributed by atoms with van der Waals surface area (Å²) < 4.78 is 10.5. The third kappa shape index (κ3) is 2.93. The fraction of sp³-hybridized carbons (Fsp3) is 0.429. The molecular formula is C14H19N3O2. The lowest BCUT2D eigenvalue weighted by Gasteiger charge is -2.04. The summed E-state index contributed by atoms with van der Waals surface area (Å²) in [6.45, 7) is 4.63. The van der Waals surface area contributed by atoms with Gasteiger partial charge in [-0.2, -0.15) is 4.98 Å². The van der Waals surface area contributed by atoms with Crippen LogP contribution in [0.25, 0.3) is 11.4 Å². The predicted molar refractivity (Wildman–Crippen MR) is 73.1 cm³/mol. The summed E-state index contributed by atoms with van der Waals surface area (Å²) in [5.41, 5.74) is 7.50. The average molecular weight is 261 g/mol. The molecule has 0 amide bonds.